The second-order valence-corrected chi connectivity index (χ2v) is 7.57. The number of sulfone groups is 1. The summed E-state index contributed by atoms with van der Waals surface area (Å²) in [4.78, 5) is 0. The van der Waals surface area contributed by atoms with Crippen molar-refractivity contribution in [1.82, 2.24) is 0 Å². The van der Waals surface area contributed by atoms with Gasteiger partial charge in [0.15, 0.2) is 9.84 Å². The summed E-state index contributed by atoms with van der Waals surface area (Å²) in [5, 5.41) is -0.351. The summed E-state index contributed by atoms with van der Waals surface area (Å²) in [6, 6.07) is 6.10. The zero-order valence-corrected chi connectivity index (χ0v) is 11.7. The normalized spacial score (nSPS) is 16.6. The van der Waals surface area contributed by atoms with Gasteiger partial charge in [-0.1, -0.05) is 18.2 Å². The number of fused-ring (bicyclic) bond motifs is 1. The molecule has 0 spiro atoms. The molecule has 1 aromatic carbocycles. The van der Waals surface area contributed by atoms with Gasteiger partial charge in [0.1, 0.15) is 0 Å². The summed E-state index contributed by atoms with van der Waals surface area (Å²) in [6.45, 7) is 2.17. The Morgan fingerprint density at radius 3 is 2.72 bits per heavy atom. The van der Waals surface area contributed by atoms with Gasteiger partial charge in [-0.05, 0) is 55.8 Å². The fourth-order valence-corrected chi connectivity index (χ4v) is 3.93. The number of nitrogens with two attached hydrogens (primary N) is 1. The number of hydrogen-bond acceptors (Lipinski definition) is 3. The highest BCUT2D eigenvalue weighted by Crippen LogP contribution is 2.24. The summed E-state index contributed by atoms with van der Waals surface area (Å²) in [7, 11) is -3.07. The first-order chi connectivity index (χ1) is 8.53. The Balaban J connectivity index is 2.14. The highest BCUT2D eigenvalue weighted by atomic mass is 32.2. The van der Waals surface area contributed by atoms with Gasteiger partial charge in [0, 0.05) is 0 Å². The van der Waals surface area contributed by atoms with Crippen LogP contribution in [0.15, 0.2) is 18.2 Å². The third kappa shape index (κ3) is 2.93. The smallest absolute Gasteiger partial charge is 0.157 e. The van der Waals surface area contributed by atoms with Crippen LogP contribution >= 0.6 is 0 Å². The molecule has 1 unspecified atom stereocenters. The summed E-state index contributed by atoms with van der Waals surface area (Å²) < 4.78 is 24.3. The van der Waals surface area contributed by atoms with Crippen LogP contribution in [0.4, 0.5) is 0 Å². The van der Waals surface area contributed by atoms with Gasteiger partial charge in [-0.25, -0.2) is 8.42 Å². The van der Waals surface area contributed by atoms with Crippen LogP contribution in [-0.2, 0) is 28.4 Å². The predicted molar refractivity (Wildman–Crippen MR) is 74.2 cm³/mol. The summed E-state index contributed by atoms with van der Waals surface area (Å²) in [5.74, 6) is 0.140. The first kappa shape index (κ1) is 13.6. The molecule has 0 aromatic heterocycles. The minimum Gasteiger partial charge on any atom is -0.330 e. The molecule has 0 saturated heterocycles. The average Bonchev–Trinajstić information content (AvgIpc) is 2.76. The van der Waals surface area contributed by atoms with Crippen LogP contribution in [0.1, 0.15) is 36.5 Å². The molecule has 100 valence electrons. The van der Waals surface area contributed by atoms with Crippen LogP contribution < -0.4 is 5.73 Å². The number of hydrogen-bond donors (Lipinski definition) is 1. The minimum atomic E-state index is -3.07. The van der Waals surface area contributed by atoms with E-state index in [-0.39, 0.29) is 11.0 Å². The molecule has 1 aromatic rings. The maximum Gasteiger partial charge on any atom is 0.157 e. The highest BCUT2D eigenvalue weighted by Gasteiger charge is 2.21. The Morgan fingerprint density at radius 2 is 2.00 bits per heavy atom. The highest BCUT2D eigenvalue weighted by molar-refractivity contribution is 7.91. The lowest BCUT2D eigenvalue weighted by atomic mass is 10.1. The molecule has 0 aliphatic heterocycles. The summed E-state index contributed by atoms with van der Waals surface area (Å²) in [6.07, 6.45) is 3.94. The molecule has 18 heavy (non-hydrogen) atoms. The van der Waals surface area contributed by atoms with Gasteiger partial charge in [0.05, 0.1) is 11.0 Å². The molecule has 2 N–H and O–H groups in total. The predicted octanol–water partition coefficient (Wildman–Crippen LogP) is 1.83. The number of aryl methyl sites for hydroxylation is 2. The third-order valence-corrected chi connectivity index (χ3v) is 5.91. The van der Waals surface area contributed by atoms with E-state index in [4.69, 9.17) is 5.73 Å². The Kier molecular flexibility index (Phi) is 4.07. The van der Waals surface area contributed by atoms with E-state index in [2.05, 4.69) is 12.1 Å². The Labute approximate surface area is 109 Å². The van der Waals surface area contributed by atoms with Crippen LogP contribution in [-0.4, -0.2) is 20.2 Å². The topological polar surface area (TPSA) is 60.2 Å². The molecule has 4 heteroatoms. The average molecular weight is 267 g/mol. The van der Waals surface area contributed by atoms with E-state index in [1.165, 1.54) is 17.5 Å². The SMILES string of the molecule is CC(CCN)S(=O)(=O)Cc1ccc2c(c1)CCC2. The zero-order chi connectivity index (χ0) is 13.2. The van der Waals surface area contributed by atoms with Crippen molar-refractivity contribution in [2.45, 2.75) is 43.6 Å². The zero-order valence-electron chi connectivity index (χ0n) is 10.9. The van der Waals surface area contributed by atoms with Crippen LogP contribution in [0.25, 0.3) is 0 Å². The maximum atomic E-state index is 12.1. The van der Waals surface area contributed by atoms with E-state index in [1.807, 2.05) is 6.07 Å². The van der Waals surface area contributed by atoms with E-state index in [9.17, 15) is 8.42 Å². The Hall–Kier alpha value is -0.870. The van der Waals surface area contributed by atoms with Crippen molar-refractivity contribution in [3.63, 3.8) is 0 Å². The van der Waals surface area contributed by atoms with Crippen molar-refractivity contribution in [3.05, 3.63) is 34.9 Å². The van der Waals surface area contributed by atoms with Crippen molar-refractivity contribution < 1.29 is 8.42 Å². The molecule has 0 radical (unpaired) electrons. The van der Waals surface area contributed by atoms with Crippen molar-refractivity contribution in [1.29, 1.82) is 0 Å². The molecular weight excluding hydrogens is 246 g/mol. The second kappa shape index (κ2) is 5.41. The Bertz CT molecular complexity index is 523. The van der Waals surface area contributed by atoms with Crippen LogP contribution in [0.2, 0.25) is 0 Å². The molecule has 0 saturated carbocycles. The largest absolute Gasteiger partial charge is 0.330 e. The molecule has 3 nitrogen and oxygen atoms in total. The molecule has 0 bridgehead atoms. The molecular formula is C14H21NO2S. The van der Waals surface area contributed by atoms with E-state index < -0.39 is 9.84 Å². The van der Waals surface area contributed by atoms with Gasteiger partial charge in [0.25, 0.3) is 0 Å². The van der Waals surface area contributed by atoms with E-state index >= 15 is 0 Å². The quantitative estimate of drug-likeness (QED) is 0.885. The summed E-state index contributed by atoms with van der Waals surface area (Å²) in [5.41, 5.74) is 9.05. The first-order valence-electron chi connectivity index (χ1n) is 6.55. The number of rotatable bonds is 5. The lowest BCUT2D eigenvalue weighted by molar-refractivity contribution is 0.577. The van der Waals surface area contributed by atoms with E-state index in [0.29, 0.717) is 13.0 Å². The van der Waals surface area contributed by atoms with E-state index in [0.717, 1.165) is 18.4 Å². The van der Waals surface area contributed by atoms with Crippen LogP contribution in [0.5, 0.6) is 0 Å². The van der Waals surface area contributed by atoms with Gasteiger partial charge in [-0.15, -0.1) is 0 Å². The van der Waals surface area contributed by atoms with Gasteiger partial charge >= 0.3 is 0 Å². The number of benzene rings is 1. The van der Waals surface area contributed by atoms with Crippen molar-refractivity contribution >= 4 is 9.84 Å². The molecule has 1 aliphatic rings. The van der Waals surface area contributed by atoms with Gasteiger partial charge in [-0.2, -0.15) is 0 Å². The molecule has 1 atom stereocenters. The van der Waals surface area contributed by atoms with Gasteiger partial charge in [0.2, 0.25) is 0 Å². The first-order valence-corrected chi connectivity index (χ1v) is 8.27. The lowest BCUT2D eigenvalue weighted by Gasteiger charge is -2.12. The molecule has 2 rings (SSSR count). The van der Waals surface area contributed by atoms with Gasteiger partial charge in [-0.3, -0.25) is 0 Å². The summed E-state index contributed by atoms with van der Waals surface area (Å²) >= 11 is 0. The second-order valence-electron chi connectivity index (χ2n) is 5.15. The monoisotopic (exact) mass is 267 g/mol. The molecule has 0 amide bonds. The van der Waals surface area contributed by atoms with E-state index in [1.54, 1.807) is 6.92 Å². The molecule has 0 heterocycles. The fraction of sp³-hybridized carbons (Fsp3) is 0.571. The molecule has 0 fully saturated rings. The maximum absolute atomic E-state index is 12.1. The van der Waals surface area contributed by atoms with Crippen LogP contribution in [0, 0.1) is 0 Å². The lowest BCUT2D eigenvalue weighted by Crippen LogP contribution is -2.22. The third-order valence-electron chi connectivity index (χ3n) is 3.72. The van der Waals surface area contributed by atoms with Crippen LogP contribution in [0.3, 0.4) is 0 Å². The molecule has 1 aliphatic carbocycles. The van der Waals surface area contributed by atoms with Gasteiger partial charge < -0.3 is 5.73 Å². The minimum absolute atomic E-state index is 0.140. The van der Waals surface area contributed by atoms with Crippen molar-refractivity contribution in [2.24, 2.45) is 5.73 Å². The standard InChI is InChI=1S/C14H21NO2S/c1-11(7-8-15)18(16,17)10-12-5-6-13-3-2-4-14(13)9-12/h5-6,9,11H,2-4,7-8,10,15H2,1H3. The van der Waals surface area contributed by atoms with Crippen molar-refractivity contribution in [2.75, 3.05) is 6.54 Å². The fourth-order valence-electron chi connectivity index (χ4n) is 2.50. The Morgan fingerprint density at radius 1 is 1.28 bits per heavy atom. The van der Waals surface area contributed by atoms with Crippen molar-refractivity contribution in [3.8, 4) is 0 Å².